The zero-order chi connectivity index (χ0) is 17.0. The van der Waals surface area contributed by atoms with Gasteiger partial charge in [-0.1, -0.05) is 0 Å². The molecule has 1 aromatic rings. The summed E-state index contributed by atoms with van der Waals surface area (Å²) < 4.78 is 22.8. The molecule has 126 valence electrons. The molecule has 8 heteroatoms. The van der Waals surface area contributed by atoms with Crippen LogP contribution in [-0.2, 0) is 19.4 Å². The van der Waals surface area contributed by atoms with Gasteiger partial charge in [-0.05, 0) is 37.6 Å². The highest BCUT2D eigenvalue weighted by molar-refractivity contribution is 8.00. The third-order valence-corrected chi connectivity index (χ3v) is 6.32. The lowest BCUT2D eigenvalue weighted by Crippen LogP contribution is -2.39. The number of carbonyl (C=O) groups excluding carboxylic acids is 2. The minimum Gasteiger partial charge on any atom is -0.351 e. The van der Waals surface area contributed by atoms with Crippen molar-refractivity contribution in [2.24, 2.45) is 0 Å². The highest BCUT2D eigenvalue weighted by atomic mass is 32.2. The number of thioether (sulfide) groups is 1. The van der Waals surface area contributed by atoms with Crippen LogP contribution in [0.1, 0.15) is 20.3 Å². The van der Waals surface area contributed by atoms with Gasteiger partial charge < -0.3 is 10.6 Å². The summed E-state index contributed by atoms with van der Waals surface area (Å²) in [6, 6.07) is 6.94. The molecule has 2 rings (SSSR count). The predicted octanol–water partition coefficient (Wildman–Crippen LogP) is 1.43. The fourth-order valence-corrected chi connectivity index (χ4v) is 4.86. The maximum atomic E-state index is 12.1. The van der Waals surface area contributed by atoms with Gasteiger partial charge in [0.05, 0.1) is 16.8 Å². The molecule has 2 amide bonds. The van der Waals surface area contributed by atoms with Crippen LogP contribution in [0.4, 0.5) is 5.69 Å². The molecule has 1 saturated heterocycles. The SMILES string of the molecule is CC(=O)Nc1ccc(SC(C)C(=O)NC2CCS(=O)(=O)C2)cc1. The molecule has 1 fully saturated rings. The Hall–Kier alpha value is -1.54. The van der Waals surface area contributed by atoms with Crippen LogP contribution in [0, 0.1) is 0 Å². The van der Waals surface area contributed by atoms with Gasteiger partial charge in [-0.2, -0.15) is 0 Å². The number of anilines is 1. The van der Waals surface area contributed by atoms with Crippen LogP contribution in [0.25, 0.3) is 0 Å². The fourth-order valence-electron chi connectivity index (χ4n) is 2.31. The second-order valence-corrected chi connectivity index (χ2v) is 9.22. The summed E-state index contributed by atoms with van der Waals surface area (Å²) in [6.45, 7) is 3.23. The number of hydrogen-bond acceptors (Lipinski definition) is 5. The largest absolute Gasteiger partial charge is 0.351 e. The maximum absolute atomic E-state index is 12.1. The Kier molecular flexibility index (Phi) is 5.69. The number of hydrogen-bond donors (Lipinski definition) is 2. The molecule has 1 aliphatic heterocycles. The molecule has 6 nitrogen and oxygen atoms in total. The van der Waals surface area contributed by atoms with Crippen LogP contribution >= 0.6 is 11.8 Å². The molecule has 0 aliphatic carbocycles. The van der Waals surface area contributed by atoms with E-state index in [1.54, 1.807) is 19.1 Å². The Morgan fingerprint density at radius 3 is 2.43 bits per heavy atom. The van der Waals surface area contributed by atoms with Crippen LogP contribution in [0.15, 0.2) is 29.2 Å². The average molecular weight is 356 g/mol. The Labute approximate surface area is 140 Å². The summed E-state index contributed by atoms with van der Waals surface area (Å²) in [4.78, 5) is 24.0. The molecule has 0 spiro atoms. The van der Waals surface area contributed by atoms with Crippen molar-refractivity contribution in [1.82, 2.24) is 5.32 Å². The van der Waals surface area contributed by atoms with Gasteiger partial charge in [0, 0.05) is 23.5 Å². The van der Waals surface area contributed by atoms with E-state index in [-0.39, 0.29) is 34.6 Å². The Morgan fingerprint density at radius 1 is 1.26 bits per heavy atom. The molecule has 2 atom stereocenters. The first-order chi connectivity index (χ1) is 10.7. The van der Waals surface area contributed by atoms with Crippen molar-refractivity contribution in [3.8, 4) is 0 Å². The van der Waals surface area contributed by atoms with Crippen molar-refractivity contribution in [3.05, 3.63) is 24.3 Å². The molecule has 2 N–H and O–H groups in total. The lowest BCUT2D eigenvalue weighted by Gasteiger charge is -2.15. The van der Waals surface area contributed by atoms with E-state index in [0.717, 1.165) is 4.90 Å². The number of nitrogens with one attached hydrogen (secondary N) is 2. The Balaban J connectivity index is 1.87. The van der Waals surface area contributed by atoms with Crippen molar-refractivity contribution in [3.63, 3.8) is 0 Å². The van der Waals surface area contributed by atoms with Gasteiger partial charge in [0.2, 0.25) is 11.8 Å². The molecule has 0 bridgehead atoms. The summed E-state index contributed by atoms with van der Waals surface area (Å²) in [6.07, 6.45) is 0.483. The summed E-state index contributed by atoms with van der Waals surface area (Å²) >= 11 is 1.39. The Bertz CT molecular complexity index is 686. The zero-order valence-electron chi connectivity index (χ0n) is 13.0. The van der Waals surface area contributed by atoms with E-state index < -0.39 is 9.84 Å². The summed E-state index contributed by atoms with van der Waals surface area (Å²) in [5, 5.41) is 5.15. The van der Waals surface area contributed by atoms with Crippen molar-refractivity contribution < 1.29 is 18.0 Å². The van der Waals surface area contributed by atoms with Crippen molar-refractivity contribution in [2.75, 3.05) is 16.8 Å². The van der Waals surface area contributed by atoms with Gasteiger partial charge >= 0.3 is 0 Å². The third-order valence-electron chi connectivity index (χ3n) is 3.44. The lowest BCUT2D eigenvalue weighted by molar-refractivity contribution is -0.120. The van der Waals surface area contributed by atoms with Gasteiger partial charge in [0.1, 0.15) is 0 Å². The van der Waals surface area contributed by atoms with E-state index in [1.807, 2.05) is 12.1 Å². The molecule has 0 saturated carbocycles. The third kappa shape index (κ3) is 5.54. The maximum Gasteiger partial charge on any atom is 0.233 e. The van der Waals surface area contributed by atoms with Gasteiger partial charge in [-0.25, -0.2) is 8.42 Å². The fraction of sp³-hybridized carbons (Fsp3) is 0.467. The first kappa shape index (κ1) is 17.8. The highest BCUT2D eigenvalue weighted by Gasteiger charge is 2.30. The lowest BCUT2D eigenvalue weighted by atomic mass is 10.2. The molecule has 1 aliphatic rings. The van der Waals surface area contributed by atoms with E-state index >= 15 is 0 Å². The van der Waals surface area contributed by atoms with Crippen LogP contribution in [0.5, 0.6) is 0 Å². The van der Waals surface area contributed by atoms with Gasteiger partial charge in [-0.3, -0.25) is 9.59 Å². The molecular formula is C15H20N2O4S2. The van der Waals surface area contributed by atoms with Crippen LogP contribution < -0.4 is 10.6 Å². The van der Waals surface area contributed by atoms with E-state index in [2.05, 4.69) is 10.6 Å². The summed E-state index contributed by atoms with van der Waals surface area (Å²) in [7, 11) is -3.00. The Morgan fingerprint density at radius 2 is 1.91 bits per heavy atom. The highest BCUT2D eigenvalue weighted by Crippen LogP contribution is 2.25. The topological polar surface area (TPSA) is 92.3 Å². The minimum atomic E-state index is -3.00. The number of benzene rings is 1. The molecule has 2 unspecified atom stereocenters. The van der Waals surface area contributed by atoms with Gasteiger partial charge in [0.15, 0.2) is 9.84 Å². The van der Waals surface area contributed by atoms with Crippen molar-refractivity contribution in [2.45, 2.75) is 36.5 Å². The second kappa shape index (κ2) is 7.35. The zero-order valence-corrected chi connectivity index (χ0v) is 14.7. The van der Waals surface area contributed by atoms with E-state index in [1.165, 1.54) is 18.7 Å². The van der Waals surface area contributed by atoms with Crippen LogP contribution in [0.2, 0.25) is 0 Å². The van der Waals surface area contributed by atoms with Crippen LogP contribution in [-0.4, -0.2) is 43.0 Å². The molecular weight excluding hydrogens is 336 g/mol. The summed E-state index contributed by atoms with van der Waals surface area (Å²) in [5.41, 5.74) is 0.704. The van der Waals surface area contributed by atoms with Gasteiger partial charge in [-0.15, -0.1) is 11.8 Å². The molecule has 0 aromatic heterocycles. The smallest absolute Gasteiger partial charge is 0.233 e. The molecule has 1 heterocycles. The van der Waals surface area contributed by atoms with E-state index in [0.29, 0.717) is 12.1 Å². The van der Waals surface area contributed by atoms with Crippen molar-refractivity contribution >= 4 is 39.1 Å². The van der Waals surface area contributed by atoms with Crippen molar-refractivity contribution in [1.29, 1.82) is 0 Å². The first-order valence-electron chi connectivity index (χ1n) is 7.30. The summed E-state index contributed by atoms with van der Waals surface area (Å²) in [5.74, 6) is -0.126. The van der Waals surface area contributed by atoms with E-state index in [9.17, 15) is 18.0 Å². The predicted molar refractivity (Wildman–Crippen MR) is 91.3 cm³/mol. The molecule has 0 radical (unpaired) electrons. The molecule has 1 aromatic carbocycles. The number of sulfone groups is 1. The monoisotopic (exact) mass is 356 g/mol. The number of amides is 2. The first-order valence-corrected chi connectivity index (χ1v) is 10.0. The normalized spacial score (nSPS) is 20.7. The standard InChI is InChI=1S/C15H20N2O4S2/c1-10(15(19)17-13-7-8-23(20,21)9-13)22-14-5-3-12(4-6-14)16-11(2)18/h3-6,10,13H,7-9H2,1-2H3,(H,16,18)(H,17,19). The van der Waals surface area contributed by atoms with Crippen LogP contribution in [0.3, 0.4) is 0 Å². The second-order valence-electron chi connectivity index (χ2n) is 5.57. The number of rotatable bonds is 5. The van der Waals surface area contributed by atoms with E-state index in [4.69, 9.17) is 0 Å². The molecule has 23 heavy (non-hydrogen) atoms. The van der Waals surface area contributed by atoms with Gasteiger partial charge in [0.25, 0.3) is 0 Å². The average Bonchev–Trinajstić information content (AvgIpc) is 2.79. The minimum absolute atomic E-state index is 0.0293. The quantitative estimate of drug-likeness (QED) is 0.779. The number of carbonyl (C=O) groups is 2.